The van der Waals surface area contributed by atoms with E-state index < -0.39 is 11.3 Å². The molecule has 0 spiro atoms. The van der Waals surface area contributed by atoms with Gasteiger partial charge in [-0.05, 0) is 18.2 Å². The van der Waals surface area contributed by atoms with Crippen LogP contribution >= 0.6 is 11.8 Å². The van der Waals surface area contributed by atoms with Crippen molar-refractivity contribution in [2.24, 2.45) is 5.73 Å². The third-order valence-corrected chi connectivity index (χ3v) is 3.84. The summed E-state index contributed by atoms with van der Waals surface area (Å²) in [6.45, 7) is 0.966. The Morgan fingerprint density at radius 1 is 1.65 bits per heavy atom. The van der Waals surface area contributed by atoms with Crippen molar-refractivity contribution in [3.05, 3.63) is 24.0 Å². The zero-order chi connectivity index (χ0) is 12.4. The molecule has 1 atom stereocenters. The van der Waals surface area contributed by atoms with Gasteiger partial charge in [0.25, 0.3) is 5.91 Å². The number of carbonyl (C=O) groups excluding carboxylic acids is 1. The van der Waals surface area contributed by atoms with E-state index in [-0.39, 0.29) is 5.82 Å². The second kappa shape index (κ2) is 4.93. The van der Waals surface area contributed by atoms with Crippen LogP contribution in [0.15, 0.2) is 23.1 Å². The van der Waals surface area contributed by atoms with E-state index in [9.17, 15) is 9.18 Å². The molecule has 1 amide bonds. The molecule has 1 aromatic rings. The number of primary amides is 1. The van der Waals surface area contributed by atoms with Crippen molar-refractivity contribution in [2.45, 2.75) is 10.3 Å². The number of halogens is 1. The number of methoxy groups -OCH3 is 1. The number of nitrogens with zero attached hydrogens (tertiary/aromatic N) is 1. The lowest BCUT2D eigenvalue weighted by Gasteiger charge is -2.23. The van der Waals surface area contributed by atoms with Gasteiger partial charge < -0.3 is 15.4 Å². The van der Waals surface area contributed by atoms with E-state index in [0.29, 0.717) is 18.8 Å². The van der Waals surface area contributed by atoms with Gasteiger partial charge in [0.2, 0.25) is 0 Å². The van der Waals surface area contributed by atoms with Crippen molar-refractivity contribution >= 4 is 23.4 Å². The minimum absolute atomic E-state index is 0.322. The molecule has 0 saturated heterocycles. The maximum atomic E-state index is 13.2. The van der Waals surface area contributed by atoms with Gasteiger partial charge in [0.15, 0.2) is 5.37 Å². The van der Waals surface area contributed by atoms with Crippen LogP contribution < -0.4 is 10.6 Å². The lowest BCUT2D eigenvalue weighted by Crippen LogP contribution is -2.41. The number of hydrogen-bond donors (Lipinski definition) is 1. The van der Waals surface area contributed by atoms with E-state index in [1.54, 1.807) is 18.1 Å². The number of nitrogens with two attached hydrogens (primary N) is 1. The van der Waals surface area contributed by atoms with Crippen LogP contribution in [-0.4, -0.2) is 31.5 Å². The zero-order valence-corrected chi connectivity index (χ0v) is 10.2. The van der Waals surface area contributed by atoms with Gasteiger partial charge in [0.1, 0.15) is 5.82 Å². The monoisotopic (exact) mass is 256 g/mol. The molecule has 1 aliphatic heterocycles. The molecule has 0 bridgehead atoms. The topological polar surface area (TPSA) is 55.6 Å². The normalized spacial score (nSPS) is 18.2. The van der Waals surface area contributed by atoms with Crippen molar-refractivity contribution in [1.82, 2.24) is 0 Å². The number of carbonyl (C=O) groups is 1. The van der Waals surface area contributed by atoms with Gasteiger partial charge in [-0.3, -0.25) is 4.79 Å². The summed E-state index contributed by atoms with van der Waals surface area (Å²) in [4.78, 5) is 14.0. The molecule has 0 fully saturated rings. The first-order valence-electron chi connectivity index (χ1n) is 5.14. The highest BCUT2D eigenvalue weighted by atomic mass is 32.2. The molecule has 92 valence electrons. The van der Waals surface area contributed by atoms with Crippen molar-refractivity contribution < 1.29 is 13.9 Å². The number of thioether (sulfide) groups is 1. The molecule has 6 heteroatoms. The summed E-state index contributed by atoms with van der Waals surface area (Å²) in [6.07, 6.45) is 0. The standard InChI is InChI=1S/C11H13FN2O2S/c1-16-5-4-14-8-6-7(12)2-3-9(8)17-11(14)10(13)15/h2-3,6,11H,4-5H2,1H3,(H2,13,15). The molecule has 0 radical (unpaired) electrons. The number of benzene rings is 1. The van der Waals surface area contributed by atoms with Gasteiger partial charge in [0, 0.05) is 18.6 Å². The second-order valence-electron chi connectivity index (χ2n) is 3.67. The Labute approximate surface area is 103 Å². The number of anilines is 1. The number of amides is 1. The molecule has 0 saturated carbocycles. The van der Waals surface area contributed by atoms with Crippen LogP contribution in [0, 0.1) is 5.82 Å². The molecule has 2 N–H and O–H groups in total. The van der Waals surface area contributed by atoms with Crippen LogP contribution in [0.4, 0.5) is 10.1 Å². The molecule has 0 aromatic heterocycles. The molecular formula is C11H13FN2O2S. The van der Waals surface area contributed by atoms with E-state index in [1.165, 1.54) is 23.9 Å². The Kier molecular flexibility index (Phi) is 3.54. The third kappa shape index (κ3) is 2.37. The van der Waals surface area contributed by atoms with E-state index in [1.807, 2.05) is 0 Å². The van der Waals surface area contributed by atoms with Gasteiger partial charge in [0.05, 0.1) is 12.3 Å². The van der Waals surface area contributed by atoms with E-state index >= 15 is 0 Å². The maximum Gasteiger partial charge on any atom is 0.251 e. The second-order valence-corrected chi connectivity index (χ2v) is 4.79. The summed E-state index contributed by atoms with van der Waals surface area (Å²) in [5.74, 6) is -0.750. The fourth-order valence-electron chi connectivity index (χ4n) is 1.76. The van der Waals surface area contributed by atoms with E-state index in [0.717, 1.165) is 4.90 Å². The molecule has 1 unspecified atom stereocenters. The van der Waals surface area contributed by atoms with Crippen LogP contribution in [0.1, 0.15) is 0 Å². The van der Waals surface area contributed by atoms with Crippen LogP contribution in [0.5, 0.6) is 0 Å². The molecule has 1 heterocycles. The summed E-state index contributed by atoms with van der Waals surface area (Å²) in [6, 6.07) is 4.46. The number of hydrogen-bond acceptors (Lipinski definition) is 4. The van der Waals surface area contributed by atoms with Crippen LogP contribution in [0.25, 0.3) is 0 Å². The molecule has 1 aliphatic rings. The van der Waals surface area contributed by atoms with Gasteiger partial charge in [-0.2, -0.15) is 0 Å². The minimum atomic E-state index is -0.484. The highest BCUT2D eigenvalue weighted by Gasteiger charge is 2.33. The summed E-state index contributed by atoms with van der Waals surface area (Å²) in [5.41, 5.74) is 6.05. The summed E-state index contributed by atoms with van der Waals surface area (Å²) in [5, 5.41) is -0.484. The number of fused-ring (bicyclic) bond motifs is 1. The summed E-state index contributed by atoms with van der Waals surface area (Å²) >= 11 is 1.34. The Bertz CT molecular complexity index is 441. The Balaban J connectivity index is 2.30. The quantitative estimate of drug-likeness (QED) is 0.879. The van der Waals surface area contributed by atoms with Crippen molar-refractivity contribution in [3.8, 4) is 0 Å². The zero-order valence-electron chi connectivity index (χ0n) is 9.35. The van der Waals surface area contributed by atoms with Crippen molar-refractivity contribution in [1.29, 1.82) is 0 Å². The molecule has 17 heavy (non-hydrogen) atoms. The SMILES string of the molecule is COCCN1c2cc(F)ccc2SC1C(N)=O. The number of ether oxygens (including phenoxy) is 1. The Morgan fingerprint density at radius 3 is 3.06 bits per heavy atom. The fourth-order valence-corrected chi connectivity index (χ4v) is 2.91. The van der Waals surface area contributed by atoms with Crippen molar-refractivity contribution in [2.75, 3.05) is 25.2 Å². The summed E-state index contributed by atoms with van der Waals surface area (Å²) in [7, 11) is 1.58. The van der Waals surface area contributed by atoms with Gasteiger partial charge in [-0.15, -0.1) is 0 Å². The lowest BCUT2D eigenvalue weighted by molar-refractivity contribution is -0.117. The largest absolute Gasteiger partial charge is 0.383 e. The van der Waals surface area contributed by atoms with Crippen LogP contribution in [0.3, 0.4) is 0 Å². The van der Waals surface area contributed by atoms with E-state index in [2.05, 4.69) is 0 Å². The Morgan fingerprint density at radius 2 is 2.41 bits per heavy atom. The molecule has 0 aliphatic carbocycles. The molecule has 2 rings (SSSR count). The minimum Gasteiger partial charge on any atom is -0.383 e. The predicted octanol–water partition coefficient (Wildman–Crippen LogP) is 1.20. The van der Waals surface area contributed by atoms with Crippen LogP contribution in [0.2, 0.25) is 0 Å². The molecule has 4 nitrogen and oxygen atoms in total. The first-order chi connectivity index (χ1) is 8.13. The lowest BCUT2D eigenvalue weighted by atomic mass is 10.2. The smallest absolute Gasteiger partial charge is 0.251 e. The molecular weight excluding hydrogens is 243 g/mol. The van der Waals surface area contributed by atoms with Crippen molar-refractivity contribution in [3.63, 3.8) is 0 Å². The summed E-state index contributed by atoms with van der Waals surface area (Å²) < 4.78 is 18.2. The van der Waals surface area contributed by atoms with Gasteiger partial charge in [-0.25, -0.2) is 4.39 Å². The van der Waals surface area contributed by atoms with E-state index in [4.69, 9.17) is 10.5 Å². The third-order valence-electron chi connectivity index (χ3n) is 2.53. The van der Waals surface area contributed by atoms with Gasteiger partial charge in [-0.1, -0.05) is 11.8 Å². The van der Waals surface area contributed by atoms with Gasteiger partial charge >= 0.3 is 0 Å². The Hall–Kier alpha value is -1.27. The average Bonchev–Trinajstić information content (AvgIpc) is 2.64. The predicted molar refractivity (Wildman–Crippen MR) is 64.5 cm³/mol. The van der Waals surface area contributed by atoms with Crippen LogP contribution in [-0.2, 0) is 9.53 Å². The maximum absolute atomic E-state index is 13.2. The fraction of sp³-hybridized carbons (Fsp3) is 0.364. The first-order valence-corrected chi connectivity index (χ1v) is 6.02. The average molecular weight is 256 g/mol. The molecule has 1 aromatic carbocycles. The highest BCUT2D eigenvalue weighted by Crippen LogP contribution is 2.43. The highest BCUT2D eigenvalue weighted by molar-refractivity contribution is 8.01. The first kappa shape index (κ1) is 12.2. The number of rotatable bonds is 4.